The molecule has 0 radical (unpaired) electrons. The number of hydrogen-bond acceptors (Lipinski definition) is 3. The molecule has 12 heavy (non-hydrogen) atoms. The molecule has 1 atom stereocenters. The molecule has 0 bridgehead atoms. The minimum atomic E-state index is -0.560. The van der Waals surface area contributed by atoms with Crippen molar-refractivity contribution in [2.75, 3.05) is 0 Å². The molecule has 2 aliphatic heterocycles. The summed E-state index contributed by atoms with van der Waals surface area (Å²) in [6, 6.07) is -1.09. The Morgan fingerprint density at radius 2 is 2.08 bits per heavy atom. The lowest BCUT2D eigenvalue weighted by Crippen LogP contribution is -2.43. The number of imide groups is 2. The number of carbonyl (C=O) groups is 3. The summed E-state index contributed by atoms with van der Waals surface area (Å²) < 4.78 is 0. The van der Waals surface area contributed by atoms with Crippen molar-refractivity contribution in [1.29, 1.82) is 0 Å². The average Bonchev–Trinajstić information content (AvgIpc) is 2.29. The Kier molecular flexibility index (Phi) is 1.39. The van der Waals surface area contributed by atoms with Gasteiger partial charge in [-0.3, -0.25) is 19.8 Å². The van der Waals surface area contributed by atoms with Gasteiger partial charge in [-0.2, -0.15) is 0 Å². The molecular weight excluding hydrogens is 160 g/mol. The highest BCUT2D eigenvalue weighted by molar-refractivity contribution is 6.12. The van der Waals surface area contributed by atoms with Gasteiger partial charge < -0.3 is 0 Å². The second kappa shape index (κ2) is 2.30. The molecule has 0 aromatic rings. The van der Waals surface area contributed by atoms with E-state index in [4.69, 9.17) is 0 Å². The molecule has 2 heterocycles. The van der Waals surface area contributed by atoms with Crippen LogP contribution in [0.5, 0.6) is 0 Å². The molecule has 0 spiro atoms. The predicted octanol–water partition coefficient (Wildman–Crippen LogP) is -0.383. The third kappa shape index (κ3) is 0.823. The number of nitrogens with zero attached hydrogens (tertiary/aromatic N) is 1. The number of carbonyl (C=O) groups excluding carboxylic acids is 3. The van der Waals surface area contributed by atoms with Crippen molar-refractivity contribution in [3.63, 3.8) is 0 Å². The minimum absolute atomic E-state index is 0.241. The second-order valence-electron chi connectivity index (χ2n) is 2.97. The predicted molar refractivity (Wildman–Crippen MR) is 38.0 cm³/mol. The monoisotopic (exact) mass is 168 g/mol. The van der Waals surface area contributed by atoms with Crippen LogP contribution in [-0.4, -0.2) is 28.8 Å². The van der Waals surface area contributed by atoms with Crippen molar-refractivity contribution >= 4 is 17.8 Å². The Bertz CT molecular complexity index is 274. The molecule has 0 aromatic heterocycles. The summed E-state index contributed by atoms with van der Waals surface area (Å²) in [4.78, 5) is 34.2. The molecule has 5 nitrogen and oxygen atoms in total. The first-order chi connectivity index (χ1) is 5.70. The average molecular weight is 168 g/mol. The van der Waals surface area contributed by atoms with E-state index in [9.17, 15) is 14.4 Å². The number of nitrogens with one attached hydrogen (secondary N) is 1. The van der Waals surface area contributed by atoms with E-state index >= 15 is 0 Å². The van der Waals surface area contributed by atoms with Crippen LogP contribution in [0.2, 0.25) is 0 Å². The summed E-state index contributed by atoms with van der Waals surface area (Å²) in [6.45, 7) is 0. The number of urea groups is 1. The molecule has 5 heteroatoms. The third-order valence-electron chi connectivity index (χ3n) is 2.20. The van der Waals surface area contributed by atoms with E-state index < -0.39 is 12.1 Å². The van der Waals surface area contributed by atoms with Crippen molar-refractivity contribution < 1.29 is 14.4 Å². The van der Waals surface area contributed by atoms with Crippen molar-refractivity contribution in [2.24, 2.45) is 0 Å². The maximum atomic E-state index is 11.1. The molecule has 0 aromatic carbocycles. The highest BCUT2D eigenvalue weighted by Crippen LogP contribution is 2.21. The van der Waals surface area contributed by atoms with E-state index in [0.717, 1.165) is 4.90 Å². The lowest BCUT2D eigenvalue weighted by atomic mass is 10.0. The fourth-order valence-corrected chi connectivity index (χ4v) is 1.62. The molecule has 4 amide bonds. The Morgan fingerprint density at radius 1 is 1.33 bits per heavy atom. The van der Waals surface area contributed by atoms with Crippen molar-refractivity contribution in [3.8, 4) is 0 Å². The molecular formula is C7H8N2O3. The molecule has 2 fully saturated rings. The summed E-state index contributed by atoms with van der Waals surface area (Å²) in [6.07, 6.45) is 1.67. The first-order valence-electron chi connectivity index (χ1n) is 3.87. The quantitative estimate of drug-likeness (QED) is 0.501. The first-order valence-corrected chi connectivity index (χ1v) is 3.87. The van der Waals surface area contributed by atoms with Gasteiger partial charge in [-0.05, 0) is 12.8 Å². The van der Waals surface area contributed by atoms with Gasteiger partial charge in [0.05, 0.1) is 0 Å². The maximum Gasteiger partial charge on any atom is 0.331 e. The van der Waals surface area contributed by atoms with Gasteiger partial charge in [0.15, 0.2) is 0 Å². The lowest BCUT2D eigenvalue weighted by molar-refractivity contribution is -0.135. The molecule has 2 rings (SSSR count). The Balaban J connectivity index is 2.30. The van der Waals surface area contributed by atoms with Crippen molar-refractivity contribution in [2.45, 2.75) is 25.3 Å². The number of piperidine rings is 1. The van der Waals surface area contributed by atoms with Gasteiger partial charge in [-0.25, -0.2) is 4.79 Å². The lowest BCUT2D eigenvalue weighted by Gasteiger charge is -2.23. The van der Waals surface area contributed by atoms with Crippen LogP contribution in [0.1, 0.15) is 19.3 Å². The molecule has 0 saturated carbocycles. The van der Waals surface area contributed by atoms with Gasteiger partial charge in [0.1, 0.15) is 6.04 Å². The standard InChI is InChI=1S/C7H8N2O3/c10-5-3-1-2-4-6(11)8-7(12)9(4)5/h4H,1-3H2,(H,8,11,12). The smallest absolute Gasteiger partial charge is 0.276 e. The van der Waals surface area contributed by atoms with E-state index in [0.29, 0.717) is 19.3 Å². The number of rotatable bonds is 0. The van der Waals surface area contributed by atoms with E-state index in [1.165, 1.54) is 0 Å². The number of hydrogen-bond donors (Lipinski definition) is 1. The van der Waals surface area contributed by atoms with Gasteiger partial charge in [0.25, 0.3) is 5.91 Å². The Hall–Kier alpha value is -1.39. The summed E-state index contributed by atoms with van der Waals surface area (Å²) >= 11 is 0. The van der Waals surface area contributed by atoms with Crippen LogP contribution in [0.15, 0.2) is 0 Å². The Labute approximate surface area is 68.7 Å². The first kappa shape index (κ1) is 7.27. The van der Waals surface area contributed by atoms with Gasteiger partial charge in [0, 0.05) is 6.42 Å². The van der Waals surface area contributed by atoms with E-state index in [1.807, 2.05) is 0 Å². The molecule has 2 aliphatic rings. The van der Waals surface area contributed by atoms with Crippen LogP contribution in [0.25, 0.3) is 0 Å². The second-order valence-corrected chi connectivity index (χ2v) is 2.97. The van der Waals surface area contributed by atoms with E-state index in [1.54, 1.807) is 0 Å². The zero-order valence-corrected chi connectivity index (χ0v) is 6.37. The zero-order valence-electron chi connectivity index (χ0n) is 6.37. The summed E-state index contributed by atoms with van der Waals surface area (Å²) in [5, 5.41) is 2.12. The van der Waals surface area contributed by atoms with Gasteiger partial charge in [-0.15, -0.1) is 0 Å². The van der Waals surface area contributed by atoms with Crippen LogP contribution < -0.4 is 5.32 Å². The summed E-state index contributed by atoms with van der Waals surface area (Å²) in [7, 11) is 0. The number of fused-ring (bicyclic) bond motifs is 1. The van der Waals surface area contributed by atoms with Crippen molar-refractivity contribution in [3.05, 3.63) is 0 Å². The highest BCUT2D eigenvalue weighted by Gasteiger charge is 2.43. The van der Waals surface area contributed by atoms with Gasteiger partial charge in [-0.1, -0.05) is 0 Å². The van der Waals surface area contributed by atoms with Gasteiger partial charge >= 0.3 is 6.03 Å². The fraction of sp³-hybridized carbons (Fsp3) is 0.571. The fourth-order valence-electron chi connectivity index (χ4n) is 1.62. The number of amides is 4. The highest BCUT2D eigenvalue weighted by atomic mass is 16.2. The van der Waals surface area contributed by atoms with Crippen LogP contribution in [0, 0.1) is 0 Å². The molecule has 1 unspecified atom stereocenters. The minimum Gasteiger partial charge on any atom is -0.276 e. The van der Waals surface area contributed by atoms with E-state index in [-0.39, 0.29) is 11.8 Å². The normalized spacial score (nSPS) is 28.8. The molecule has 1 N–H and O–H groups in total. The van der Waals surface area contributed by atoms with Crippen LogP contribution in [0.4, 0.5) is 4.79 Å². The molecule has 64 valence electrons. The Morgan fingerprint density at radius 3 is 2.75 bits per heavy atom. The van der Waals surface area contributed by atoms with Crippen LogP contribution in [-0.2, 0) is 9.59 Å². The summed E-state index contributed by atoms with van der Waals surface area (Å²) in [5.41, 5.74) is 0. The summed E-state index contributed by atoms with van der Waals surface area (Å²) in [5.74, 6) is -0.581. The van der Waals surface area contributed by atoms with Crippen LogP contribution in [0.3, 0.4) is 0 Å². The largest absolute Gasteiger partial charge is 0.331 e. The SMILES string of the molecule is O=C1NC(=O)N2C(=O)CCCC12. The topological polar surface area (TPSA) is 66.5 Å². The van der Waals surface area contributed by atoms with E-state index in [2.05, 4.69) is 5.32 Å². The molecule has 0 aliphatic carbocycles. The van der Waals surface area contributed by atoms with Gasteiger partial charge in [0.2, 0.25) is 5.91 Å². The third-order valence-corrected chi connectivity index (χ3v) is 2.20. The van der Waals surface area contributed by atoms with Crippen LogP contribution >= 0.6 is 0 Å². The molecule has 2 saturated heterocycles. The maximum absolute atomic E-state index is 11.1. The zero-order chi connectivity index (χ0) is 8.72. The van der Waals surface area contributed by atoms with Crippen molar-refractivity contribution in [1.82, 2.24) is 10.2 Å².